The average Bonchev–Trinajstić information content (AvgIpc) is 3.25. The summed E-state index contributed by atoms with van der Waals surface area (Å²) < 4.78 is 30.7. The van der Waals surface area contributed by atoms with Crippen molar-refractivity contribution in [3.05, 3.63) is 24.1 Å². The first-order chi connectivity index (χ1) is 13.0. The number of carbonyl (C=O) groups excluding carboxylic acids is 2. The quantitative estimate of drug-likeness (QED) is 0.618. The minimum atomic E-state index is -1.10. The van der Waals surface area contributed by atoms with Crippen LogP contribution in [0, 0.1) is 5.92 Å². The molecule has 1 N–H and O–H groups in total. The Morgan fingerprint density at radius 1 is 1.19 bits per heavy atom. The topological polar surface area (TPSA) is 109 Å². The van der Waals surface area contributed by atoms with Gasteiger partial charge in [-0.05, 0) is 0 Å². The van der Waals surface area contributed by atoms with Crippen molar-refractivity contribution in [3.8, 4) is 0 Å². The van der Waals surface area contributed by atoms with Crippen molar-refractivity contribution in [2.45, 2.75) is 40.1 Å². The van der Waals surface area contributed by atoms with Crippen molar-refractivity contribution >= 4 is 23.2 Å². The summed E-state index contributed by atoms with van der Waals surface area (Å²) >= 11 is 0. The molecule has 1 fully saturated rings. The predicted molar refractivity (Wildman–Crippen MR) is 94.1 cm³/mol. The van der Waals surface area contributed by atoms with Crippen LogP contribution in [0.4, 0.5) is 4.79 Å². The van der Waals surface area contributed by atoms with Gasteiger partial charge in [-0.25, -0.2) is 9.59 Å². The number of furan rings is 1. The van der Waals surface area contributed by atoms with E-state index in [1.807, 2.05) is 13.8 Å². The molecule has 0 spiro atoms. The van der Waals surface area contributed by atoms with E-state index in [4.69, 9.17) is 28.1 Å². The van der Waals surface area contributed by atoms with E-state index in [-0.39, 0.29) is 31.6 Å². The molecule has 3 rings (SSSR count). The molecule has 0 bridgehead atoms. The Bertz CT molecular complexity index is 700. The lowest BCUT2D eigenvalue weighted by atomic mass is 10.2. The molecule has 1 atom stereocenters. The molecule has 150 valence electrons. The Labute approximate surface area is 156 Å². The molecule has 9 nitrogen and oxygen atoms in total. The lowest BCUT2D eigenvalue weighted by Gasteiger charge is -2.24. The number of aromatic amines is 1. The maximum absolute atomic E-state index is 12.2. The van der Waals surface area contributed by atoms with Gasteiger partial charge in [-0.3, -0.25) is 0 Å². The number of ether oxygens (including phenoxy) is 5. The summed E-state index contributed by atoms with van der Waals surface area (Å²) in [5, 5.41) is 0. The van der Waals surface area contributed by atoms with Crippen LogP contribution < -0.4 is 0 Å². The Balaban J connectivity index is 0.00000126. The fraction of sp³-hybridized carbons (Fsp3) is 0.556. The molecule has 1 aliphatic heterocycles. The Kier molecular flexibility index (Phi) is 7.68. The molecule has 0 saturated carbocycles. The number of hydrogen-bond donors (Lipinski definition) is 1. The third-order valence-electron chi connectivity index (χ3n) is 3.48. The molecule has 2 aromatic rings. The van der Waals surface area contributed by atoms with Crippen molar-refractivity contribution in [2.24, 2.45) is 5.92 Å². The number of hydrogen-bond acceptors (Lipinski definition) is 8. The van der Waals surface area contributed by atoms with Gasteiger partial charge in [0, 0.05) is 18.1 Å². The van der Waals surface area contributed by atoms with Crippen LogP contribution in [-0.2, 0) is 23.7 Å². The fourth-order valence-electron chi connectivity index (χ4n) is 2.22. The summed E-state index contributed by atoms with van der Waals surface area (Å²) in [6.45, 7) is 8.11. The van der Waals surface area contributed by atoms with Crippen LogP contribution in [0.5, 0.6) is 0 Å². The first kappa shape index (κ1) is 20.8. The van der Waals surface area contributed by atoms with E-state index in [1.54, 1.807) is 19.9 Å². The summed E-state index contributed by atoms with van der Waals surface area (Å²) in [4.78, 5) is 27.0. The van der Waals surface area contributed by atoms with Gasteiger partial charge in [-0.1, -0.05) is 27.7 Å². The average molecular weight is 383 g/mol. The molecule has 2 aromatic heterocycles. The standard InChI is InChI=1S/C16H19NO8.C2H6/c1-9(2)15(25-16(19)23-10-6-20-8-21-7-10)24-14(18)12-5-13-11(17-12)3-4-22-13;1-2/h3-5,9-10,15,17H,6-8H2,1-2H3;1-2H3. The second-order valence-electron chi connectivity index (χ2n) is 5.87. The number of aromatic nitrogens is 1. The monoisotopic (exact) mass is 383 g/mol. The van der Waals surface area contributed by atoms with E-state index in [9.17, 15) is 9.59 Å². The maximum Gasteiger partial charge on any atom is 0.511 e. The summed E-state index contributed by atoms with van der Waals surface area (Å²) in [5.41, 5.74) is 1.40. The molecular weight excluding hydrogens is 358 g/mol. The second-order valence-corrected chi connectivity index (χ2v) is 5.87. The van der Waals surface area contributed by atoms with E-state index >= 15 is 0 Å². The smallest absolute Gasteiger partial charge is 0.463 e. The van der Waals surface area contributed by atoms with Crippen LogP contribution in [0.2, 0.25) is 0 Å². The van der Waals surface area contributed by atoms with Crippen molar-refractivity contribution in [1.29, 1.82) is 0 Å². The normalized spacial score (nSPS) is 15.7. The lowest BCUT2D eigenvalue weighted by Crippen LogP contribution is -2.36. The summed E-state index contributed by atoms with van der Waals surface area (Å²) in [7, 11) is 0. The van der Waals surface area contributed by atoms with Crippen LogP contribution >= 0.6 is 0 Å². The van der Waals surface area contributed by atoms with Gasteiger partial charge in [0.1, 0.15) is 12.5 Å². The highest BCUT2D eigenvalue weighted by atomic mass is 16.8. The Hall–Kier alpha value is -2.52. The van der Waals surface area contributed by atoms with Crippen LogP contribution in [0.3, 0.4) is 0 Å². The number of carbonyl (C=O) groups is 2. The molecule has 3 heterocycles. The molecule has 1 saturated heterocycles. The van der Waals surface area contributed by atoms with Crippen LogP contribution in [-0.4, -0.2) is 49.5 Å². The summed E-state index contributed by atoms with van der Waals surface area (Å²) in [6.07, 6.45) is -1.10. The highest BCUT2D eigenvalue weighted by Crippen LogP contribution is 2.19. The van der Waals surface area contributed by atoms with Gasteiger partial charge in [0.15, 0.2) is 11.7 Å². The van der Waals surface area contributed by atoms with Gasteiger partial charge in [0.05, 0.1) is 25.0 Å². The Morgan fingerprint density at radius 3 is 2.52 bits per heavy atom. The molecule has 0 amide bonds. The van der Waals surface area contributed by atoms with Gasteiger partial charge in [0.2, 0.25) is 0 Å². The molecule has 1 aliphatic rings. The predicted octanol–water partition coefficient (Wildman–Crippen LogP) is 3.45. The lowest BCUT2D eigenvalue weighted by molar-refractivity contribution is -0.171. The first-order valence-electron chi connectivity index (χ1n) is 8.83. The second kappa shape index (κ2) is 9.98. The van der Waals surface area contributed by atoms with Gasteiger partial charge >= 0.3 is 12.1 Å². The van der Waals surface area contributed by atoms with E-state index in [1.165, 1.54) is 12.3 Å². The van der Waals surface area contributed by atoms with Crippen molar-refractivity contribution < 1.29 is 37.7 Å². The van der Waals surface area contributed by atoms with E-state index < -0.39 is 24.5 Å². The zero-order chi connectivity index (χ0) is 19.8. The molecule has 0 radical (unpaired) electrons. The number of esters is 1. The zero-order valence-corrected chi connectivity index (χ0v) is 15.9. The highest BCUT2D eigenvalue weighted by molar-refractivity contribution is 5.93. The van der Waals surface area contributed by atoms with E-state index in [2.05, 4.69) is 4.98 Å². The fourth-order valence-corrected chi connectivity index (χ4v) is 2.22. The molecule has 0 aromatic carbocycles. The minimum absolute atomic E-state index is 0.167. The Morgan fingerprint density at radius 2 is 1.89 bits per heavy atom. The highest BCUT2D eigenvalue weighted by Gasteiger charge is 2.27. The molecular formula is C18H25NO8. The van der Waals surface area contributed by atoms with Gasteiger partial charge in [-0.15, -0.1) is 0 Å². The maximum atomic E-state index is 12.2. The number of nitrogens with one attached hydrogen (secondary N) is 1. The SMILES string of the molecule is CC.CC(C)C(OC(=O)OC1COCOC1)OC(=O)c1cc2occc2[nH]1. The third-order valence-corrected chi connectivity index (χ3v) is 3.48. The van der Waals surface area contributed by atoms with Gasteiger partial charge in [0.25, 0.3) is 6.29 Å². The number of rotatable bonds is 5. The molecule has 0 aliphatic carbocycles. The van der Waals surface area contributed by atoms with Gasteiger partial charge in [-0.2, -0.15) is 0 Å². The first-order valence-corrected chi connectivity index (χ1v) is 8.83. The van der Waals surface area contributed by atoms with E-state index in [0.717, 1.165) is 0 Å². The van der Waals surface area contributed by atoms with Gasteiger partial charge < -0.3 is 33.1 Å². The van der Waals surface area contributed by atoms with Crippen LogP contribution in [0.15, 0.2) is 22.8 Å². The molecule has 9 heteroatoms. The zero-order valence-electron chi connectivity index (χ0n) is 15.9. The van der Waals surface area contributed by atoms with Crippen LogP contribution in [0.25, 0.3) is 11.1 Å². The minimum Gasteiger partial charge on any atom is -0.463 e. The third kappa shape index (κ3) is 5.73. The number of H-pyrrole nitrogens is 1. The molecule has 1 unspecified atom stereocenters. The molecule has 27 heavy (non-hydrogen) atoms. The van der Waals surface area contributed by atoms with E-state index in [0.29, 0.717) is 11.1 Å². The van der Waals surface area contributed by atoms with Crippen molar-refractivity contribution in [3.63, 3.8) is 0 Å². The largest absolute Gasteiger partial charge is 0.511 e. The summed E-state index contributed by atoms with van der Waals surface area (Å²) in [5.74, 6) is -0.935. The van der Waals surface area contributed by atoms with Crippen LogP contribution in [0.1, 0.15) is 38.2 Å². The summed E-state index contributed by atoms with van der Waals surface area (Å²) in [6, 6.07) is 3.21. The van der Waals surface area contributed by atoms with Crippen molar-refractivity contribution in [1.82, 2.24) is 4.98 Å². The number of fused-ring (bicyclic) bond motifs is 1. The van der Waals surface area contributed by atoms with Crippen molar-refractivity contribution in [2.75, 3.05) is 20.0 Å².